The van der Waals surface area contributed by atoms with Crippen molar-refractivity contribution in [2.75, 3.05) is 7.05 Å². The van der Waals surface area contributed by atoms with E-state index in [0.717, 1.165) is 0 Å². The first-order valence-corrected chi connectivity index (χ1v) is 5.62. The van der Waals surface area contributed by atoms with Gasteiger partial charge >= 0.3 is 5.97 Å². The molecule has 90 valence electrons. The van der Waals surface area contributed by atoms with Crippen LogP contribution in [-0.4, -0.2) is 24.7 Å². The van der Waals surface area contributed by atoms with E-state index < -0.39 is 5.54 Å². The number of rotatable bonds is 5. The molecule has 1 N–H and O–H groups in total. The molecule has 0 amide bonds. The second-order valence-corrected chi connectivity index (χ2v) is 5.23. The molecule has 0 heterocycles. The average molecular weight is 215 g/mol. The summed E-state index contributed by atoms with van der Waals surface area (Å²) in [6.07, 6.45) is -0.00914. The number of likely N-dealkylation sites (N-methyl/N-ethyl adjacent to an activating group) is 1. The third-order valence-electron chi connectivity index (χ3n) is 2.69. The second-order valence-electron chi connectivity index (χ2n) is 5.23. The topological polar surface area (TPSA) is 38.3 Å². The van der Waals surface area contributed by atoms with Crippen LogP contribution >= 0.6 is 0 Å². The smallest absolute Gasteiger partial charge is 0.326 e. The Bertz CT molecular complexity index is 202. The van der Waals surface area contributed by atoms with E-state index in [1.807, 2.05) is 13.8 Å². The summed E-state index contributed by atoms with van der Waals surface area (Å²) in [6, 6.07) is 0. The highest BCUT2D eigenvalue weighted by atomic mass is 16.5. The van der Waals surface area contributed by atoms with Crippen LogP contribution in [0.3, 0.4) is 0 Å². The Morgan fingerprint density at radius 1 is 1.13 bits per heavy atom. The van der Waals surface area contributed by atoms with Crippen LogP contribution in [0, 0.1) is 11.8 Å². The molecule has 0 saturated carbocycles. The van der Waals surface area contributed by atoms with Gasteiger partial charge in [-0.1, -0.05) is 27.7 Å². The van der Waals surface area contributed by atoms with Gasteiger partial charge in [-0.3, -0.25) is 4.79 Å². The van der Waals surface area contributed by atoms with Crippen LogP contribution in [0.4, 0.5) is 0 Å². The molecule has 0 aromatic carbocycles. The van der Waals surface area contributed by atoms with E-state index in [1.54, 1.807) is 7.05 Å². The van der Waals surface area contributed by atoms with Gasteiger partial charge in [0.1, 0.15) is 11.6 Å². The highest BCUT2D eigenvalue weighted by molar-refractivity contribution is 5.79. The number of nitrogens with one attached hydrogen (secondary N) is 1. The standard InChI is InChI=1S/C12H25NO2/c1-8(2)10(9(3)4)15-11(14)12(5,6)13-7/h8-10,13H,1-7H3. The number of hydrogen-bond donors (Lipinski definition) is 1. The molecule has 0 bridgehead atoms. The molecule has 0 unspecified atom stereocenters. The van der Waals surface area contributed by atoms with Crippen molar-refractivity contribution in [3.63, 3.8) is 0 Å². The Morgan fingerprint density at radius 2 is 1.53 bits per heavy atom. The Morgan fingerprint density at radius 3 is 1.80 bits per heavy atom. The van der Waals surface area contributed by atoms with Crippen LogP contribution < -0.4 is 5.32 Å². The van der Waals surface area contributed by atoms with Gasteiger partial charge in [-0.05, 0) is 32.7 Å². The van der Waals surface area contributed by atoms with Crippen LogP contribution in [-0.2, 0) is 9.53 Å². The first-order valence-electron chi connectivity index (χ1n) is 5.62. The Labute approximate surface area is 93.6 Å². The number of hydrogen-bond acceptors (Lipinski definition) is 3. The molecule has 3 nitrogen and oxygen atoms in total. The van der Waals surface area contributed by atoms with Crippen molar-refractivity contribution in [3.8, 4) is 0 Å². The van der Waals surface area contributed by atoms with Crippen LogP contribution in [0.5, 0.6) is 0 Å². The Hall–Kier alpha value is -0.570. The molecule has 3 heteroatoms. The minimum atomic E-state index is -0.609. The predicted molar refractivity (Wildman–Crippen MR) is 62.7 cm³/mol. The van der Waals surface area contributed by atoms with Crippen molar-refractivity contribution < 1.29 is 9.53 Å². The maximum absolute atomic E-state index is 11.8. The van der Waals surface area contributed by atoms with Gasteiger partial charge in [0, 0.05) is 0 Å². The molecule has 0 aromatic heterocycles. The SMILES string of the molecule is CNC(C)(C)C(=O)OC(C(C)C)C(C)C. The first kappa shape index (κ1) is 14.4. The van der Waals surface area contributed by atoms with Crippen molar-refractivity contribution in [3.05, 3.63) is 0 Å². The van der Waals surface area contributed by atoms with E-state index >= 15 is 0 Å². The van der Waals surface area contributed by atoms with Gasteiger partial charge in [-0.2, -0.15) is 0 Å². The molecule has 0 aliphatic heterocycles. The van der Waals surface area contributed by atoms with Gasteiger partial charge in [0.05, 0.1) is 0 Å². The lowest BCUT2D eigenvalue weighted by Crippen LogP contribution is -2.48. The lowest BCUT2D eigenvalue weighted by molar-refractivity contribution is -0.160. The van der Waals surface area contributed by atoms with Crippen molar-refractivity contribution >= 4 is 5.97 Å². The fourth-order valence-corrected chi connectivity index (χ4v) is 1.41. The summed E-state index contributed by atoms with van der Waals surface area (Å²) < 4.78 is 5.53. The quantitative estimate of drug-likeness (QED) is 0.715. The van der Waals surface area contributed by atoms with Gasteiger partial charge in [0.25, 0.3) is 0 Å². The lowest BCUT2D eigenvalue weighted by atomic mass is 9.96. The summed E-state index contributed by atoms with van der Waals surface area (Å²) in [4.78, 5) is 11.8. The molecule has 0 aliphatic carbocycles. The molecule has 15 heavy (non-hydrogen) atoms. The van der Waals surface area contributed by atoms with E-state index in [0.29, 0.717) is 11.8 Å². The number of ether oxygens (including phenoxy) is 1. The molecule has 0 aliphatic rings. The molecular formula is C12H25NO2. The Balaban J connectivity index is 4.49. The fraction of sp³-hybridized carbons (Fsp3) is 0.917. The molecule has 0 aromatic rings. The largest absolute Gasteiger partial charge is 0.460 e. The lowest BCUT2D eigenvalue weighted by Gasteiger charge is -2.30. The van der Waals surface area contributed by atoms with Crippen molar-refractivity contribution in [1.29, 1.82) is 0 Å². The van der Waals surface area contributed by atoms with Crippen LogP contribution in [0.15, 0.2) is 0 Å². The molecule has 0 fully saturated rings. The summed E-state index contributed by atoms with van der Waals surface area (Å²) in [5.74, 6) is 0.514. The van der Waals surface area contributed by atoms with Crippen LogP contribution in [0.25, 0.3) is 0 Å². The number of esters is 1. The third-order valence-corrected chi connectivity index (χ3v) is 2.69. The van der Waals surface area contributed by atoms with Crippen molar-refractivity contribution in [2.45, 2.75) is 53.2 Å². The van der Waals surface area contributed by atoms with Gasteiger partial charge in [0.15, 0.2) is 0 Å². The van der Waals surface area contributed by atoms with Gasteiger partial charge in [0.2, 0.25) is 0 Å². The minimum Gasteiger partial charge on any atom is -0.460 e. The van der Waals surface area contributed by atoms with E-state index in [1.165, 1.54) is 0 Å². The maximum atomic E-state index is 11.8. The van der Waals surface area contributed by atoms with E-state index in [4.69, 9.17) is 4.74 Å². The molecule has 0 atom stereocenters. The highest BCUT2D eigenvalue weighted by Gasteiger charge is 2.31. The second kappa shape index (κ2) is 5.50. The van der Waals surface area contributed by atoms with Gasteiger partial charge in [-0.15, -0.1) is 0 Å². The maximum Gasteiger partial charge on any atom is 0.326 e. The summed E-state index contributed by atoms with van der Waals surface area (Å²) in [6.45, 7) is 11.9. The summed E-state index contributed by atoms with van der Waals surface area (Å²) >= 11 is 0. The van der Waals surface area contributed by atoms with E-state index in [2.05, 4.69) is 33.0 Å². The monoisotopic (exact) mass is 215 g/mol. The Kier molecular flexibility index (Phi) is 5.29. The summed E-state index contributed by atoms with van der Waals surface area (Å²) in [7, 11) is 1.76. The van der Waals surface area contributed by atoms with Crippen molar-refractivity contribution in [1.82, 2.24) is 5.32 Å². The minimum absolute atomic E-state index is 0.00914. The number of carbonyl (C=O) groups is 1. The van der Waals surface area contributed by atoms with E-state index in [9.17, 15) is 4.79 Å². The third kappa shape index (κ3) is 4.20. The zero-order valence-electron chi connectivity index (χ0n) is 11.0. The molecule has 0 spiro atoms. The average Bonchev–Trinajstić information content (AvgIpc) is 2.12. The summed E-state index contributed by atoms with van der Waals surface area (Å²) in [5.41, 5.74) is -0.609. The van der Waals surface area contributed by atoms with Crippen molar-refractivity contribution in [2.24, 2.45) is 11.8 Å². The molecule has 0 saturated heterocycles. The predicted octanol–water partition coefficient (Wildman–Crippen LogP) is 2.21. The normalized spacial score (nSPS) is 12.7. The van der Waals surface area contributed by atoms with Crippen LogP contribution in [0.1, 0.15) is 41.5 Å². The van der Waals surface area contributed by atoms with E-state index in [-0.39, 0.29) is 12.1 Å². The summed E-state index contributed by atoms with van der Waals surface area (Å²) in [5, 5.41) is 2.95. The molecule has 0 rings (SSSR count). The zero-order valence-corrected chi connectivity index (χ0v) is 11.0. The molecular weight excluding hydrogens is 190 g/mol. The van der Waals surface area contributed by atoms with Gasteiger partial charge in [-0.25, -0.2) is 0 Å². The first-order chi connectivity index (χ1) is 6.72. The zero-order chi connectivity index (χ0) is 12.2. The fourth-order valence-electron chi connectivity index (χ4n) is 1.41. The number of carbonyl (C=O) groups excluding carboxylic acids is 1. The highest BCUT2D eigenvalue weighted by Crippen LogP contribution is 2.18. The van der Waals surface area contributed by atoms with Crippen LogP contribution in [0.2, 0.25) is 0 Å². The molecule has 0 radical (unpaired) electrons. The van der Waals surface area contributed by atoms with Gasteiger partial charge < -0.3 is 10.1 Å².